The van der Waals surface area contributed by atoms with Gasteiger partial charge in [0, 0.05) is 44.3 Å². The predicted octanol–water partition coefficient (Wildman–Crippen LogP) is 13.1. The van der Waals surface area contributed by atoms with Gasteiger partial charge in [-0.05, 0) is 97.9 Å². The summed E-state index contributed by atoms with van der Waals surface area (Å²) in [5.41, 5.74) is 13.5. The molecule has 9 aromatic rings. The van der Waals surface area contributed by atoms with Gasteiger partial charge in [0.05, 0.1) is 5.52 Å². The van der Waals surface area contributed by atoms with Gasteiger partial charge >= 0.3 is 0 Å². The van der Waals surface area contributed by atoms with E-state index >= 15 is 0 Å². The number of aromatic nitrogens is 1. The number of nitrogens with one attached hydrogen (secondary N) is 1. The Bertz CT molecular complexity index is 2680. The van der Waals surface area contributed by atoms with Crippen molar-refractivity contribution in [3.05, 3.63) is 175 Å². The lowest BCUT2D eigenvalue weighted by atomic mass is 9.81. The second-order valence-electron chi connectivity index (χ2n) is 13.9. The summed E-state index contributed by atoms with van der Waals surface area (Å²) in [7, 11) is 0. The van der Waals surface area contributed by atoms with Crippen LogP contribution in [0.3, 0.4) is 0 Å². The van der Waals surface area contributed by atoms with Crippen molar-refractivity contribution in [2.24, 2.45) is 0 Å². The van der Waals surface area contributed by atoms with Crippen molar-refractivity contribution in [2.45, 2.75) is 19.3 Å². The van der Waals surface area contributed by atoms with Crippen molar-refractivity contribution in [2.75, 3.05) is 4.90 Å². The summed E-state index contributed by atoms with van der Waals surface area (Å²) in [5, 5.41) is 7.36. The van der Waals surface area contributed by atoms with Gasteiger partial charge in [-0.1, -0.05) is 129 Å². The second kappa shape index (κ2) is 10.4. The van der Waals surface area contributed by atoms with E-state index in [0.29, 0.717) is 0 Å². The van der Waals surface area contributed by atoms with Crippen molar-refractivity contribution >= 4 is 60.4 Å². The van der Waals surface area contributed by atoms with E-state index in [1.165, 1.54) is 65.7 Å². The minimum atomic E-state index is -0.0820. The Morgan fingerprint density at radius 2 is 1.04 bits per heavy atom. The fraction of sp³-hybridized carbons (Fsp3) is 0.0638. The van der Waals surface area contributed by atoms with Gasteiger partial charge in [-0.15, -0.1) is 0 Å². The standard InChI is InChI=1S/C47H34N2/c1-47(2)43-17-9-7-15-38(43)39-24-21-34(27-44(39)47)41-28-37(29-42-40-16-8-10-18-45(40)48-46(41)42)49(35-22-19-30-11-3-5-13-32(30)25-35)36-23-20-31-12-4-6-14-33(31)26-36/h3-29,48H,1-2H3. The average molecular weight is 627 g/mol. The molecule has 0 fully saturated rings. The normalized spacial score (nSPS) is 13.3. The number of anilines is 3. The third-order valence-electron chi connectivity index (χ3n) is 10.7. The van der Waals surface area contributed by atoms with Crippen molar-refractivity contribution in [1.29, 1.82) is 0 Å². The molecule has 0 saturated carbocycles. The summed E-state index contributed by atoms with van der Waals surface area (Å²) in [5.74, 6) is 0. The highest BCUT2D eigenvalue weighted by Gasteiger charge is 2.35. The van der Waals surface area contributed by atoms with Crippen LogP contribution in [0, 0.1) is 0 Å². The molecule has 0 radical (unpaired) electrons. The minimum Gasteiger partial charge on any atom is -0.354 e. The zero-order valence-corrected chi connectivity index (χ0v) is 27.5. The molecule has 0 aliphatic heterocycles. The molecule has 8 aromatic carbocycles. The summed E-state index contributed by atoms with van der Waals surface area (Å²) in [6.45, 7) is 4.72. The lowest BCUT2D eigenvalue weighted by molar-refractivity contribution is 0.660. The van der Waals surface area contributed by atoms with E-state index in [0.717, 1.165) is 28.1 Å². The Labute approximate surface area is 285 Å². The molecule has 1 aliphatic rings. The summed E-state index contributed by atoms with van der Waals surface area (Å²) < 4.78 is 0. The summed E-state index contributed by atoms with van der Waals surface area (Å²) in [6, 6.07) is 60.3. The molecule has 0 bridgehead atoms. The van der Waals surface area contributed by atoms with E-state index in [9.17, 15) is 0 Å². The molecule has 0 atom stereocenters. The maximum atomic E-state index is 3.83. The maximum Gasteiger partial charge on any atom is 0.0546 e. The zero-order chi connectivity index (χ0) is 32.7. The molecule has 0 unspecified atom stereocenters. The average Bonchev–Trinajstić information content (AvgIpc) is 3.63. The molecule has 2 heteroatoms. The molecule has 49 heavy (non-hydrogen) atoms. The molecule has 0 saturated heterocycles. The van der Waals surface area contributed by atoms with Gasteiger partial charge in [0.15, 0.2) is 0 Å². The van der Waals surface area contributed by atoms with E-state index in [-0.39, 0.29) is 5.41 Å². The highest BCUT2D eigenvalue weighted by atomic mass is 15.1. The molecule has 1 N–H and O–H groups in total. The summed E-state index contributed by atoms with van der Waals surface area (Å²) in [4.78, 5) is 6.25. The quantitative estimate of drug-likeness (QED) is 0.206. The molecule has 1 aromatic heterocycles. The van der Waals surface area contributed by atoms with Crippen molar-refractivity contribution in [3.8, 4) is 22.3 Å². The van der Waals surface area contributed by atoms with E-state index in [1.54, 1.807) is 0 Å². The highest BCUT2D eigenvalue weighted by Crippen LogP contribution is 2.50. The molecule has 1 heterocycles. The van der Waals surface area contributed by atoms with Crippen LogP contribution >= 0.6 is 0 Å². The monoisotopic (exact) mass is 626 g/mol. The van der Waals surface area contributed by atoms with Crippen LogP contribution in [0.4, 0.5) is 17.1 Å². The maximum absolute atomic E-state index is 3.83. The van der Waals surface area contributed by atoms with E-state index in [1.807, 2.05) is 0 Å². The number of nitrogens with zero attached hydrogens (tertiary/aromatic N) is 1. The van der Waals surface area contributed by atoms with E-state index < -0.39 is 0 Å². The number of H-pyrrole nitrogens is 1. The predicted molar refractivity (Wildman–Crippen MR) is 208 cm³/mol. The van der Waals surface area contributed by atoms with Crippen LogP contribution in [0.15, 0.2) is 164 Å². The molecule has 232 valence electrons. The third kappa shape index (κ3) is 4.27. The zero-order valence-electron chi connectivity index (χ0n) is 27.5. The number of rotatable bonds is 4. The molecule has 0 amide bonds. The number of hydrogen-bond acceptors (Lipinski definition) is 1. The molecule has 0 spiro atoms. The number of fused-ring (bicyclic) bond motifs is 8. The largest absolute Gasteiger partial charge is 0.354 e. The van der Waals surface area contributed by atoms with Crippen LogP contribution in [-0.2, 0) is 5.41 Å². The van der Waals surface area contributed by atoms with Gasteiger partial charge in [-0.2, -0.15) is 0 Å². The van der Waals surface area contributed by atoms with Gasteiger partial charge in [0.25, 0.3) is 0 Å². The smallest absolute Gasteiger partial charge is 0.0546 e. The third-order valence-corrected chi connectivity index (χ3v) is 10.7. The fourth-order valence-corrected chi connectivity index (χ4v) is 8.24. The molecule has 1 aliphatic carbocycles. The van der Waals surface area contributed by atoms with Gasteiger partial charge < -0.3 is 9.88 Å². The number of aromatic amines is 1. The summed E-state index contributed by atoms with van der Waals surface area (Å²) >= 11 is 0. The Morgan fingerprint density at radius 1 is 0.429 bits per heavy atom. The van der Waals surface area contributed by atoms with Gasteiger partial charge in [0.2, 0.25) is 0 Å². The fourth-order valence-electron chi connectivity index (χ4n) is 8.24. The molecule has 10 rings (SSSR count). The Morgan fingerprint density at radius 3 is 1.78 bits per heavy atom. The van der Waals surface area contributed by atoms with Gasteiger partial charge in [-0.3, -0.25) is 0 Å². The Balaban J connectivity index is 1.25. The van der Waals surface area contributed by atoms with Crippen LogP contribution < -0.4 is 4.90 Å². The van der Waals surface area contributed by atoms with Crippen LogP contribution in [0.2, 0.25) is 0 Å². The lowest BCUT2D eigenvalue weighted by Crippen LogP contribution is -2.15. The number of benzene rings is 8. The van der Waals surface area contributed by atoms with Crippen LogP contribution in [0.1, 0.15) is 25.0 Å². The summed E-state index contributed by atoms with van der Waals surface area (Å²) in [6.07, 6.45) is 0. The van der Waals surface area contributed by atoms with Crippen LogP contribution in [0.5, 0.6) is 0 Å². The van der Waals surface area contributed by atoms with Crippen molar-refractivity contribution in [1.82, 2.24) is 4.98 Å². The molecular formula is C47H34N2. The van der Waals surface area contributed by atoms with E-state index in [4.69, 9.17) is 0 Å². The second-order valence-corrected chi connectivity index (χ2v) is 13.9. The number of para-hydroxylation sites is 1. The lowest BCUT2D eigenvalue weighted by Gasteiger charge is -2.27. The van der Waals surface area contributed by atoms with Crippen molar-refractivity contribution < 1.29 is 0 Å². The number of hydrogen-bond donors (Lipinski definition) is 1. The molecular weight excluding hydrogens is 593 g/mol. The van der Waals surface area contributed by atoms with Crippen molar-refractivity contribution in [3.63, 3.8) is 0 Å². The topological polar surface area (TPSA) is 19.0 Å². The first-order valence-corrected chi connectivity index (χ1v) is 17.1. The Kier molecular flexibility index (Phi) is 5.95. The van der Waals surface area contributed by atoms with E-state index in [2.05, 4.69) is 188 Å². The highest BCUT2D eigenvalue weighted by molar-refractivity contribution is 6.14. The first kappa shape index (κ1) is 27.9. The first-order chi connectivity index (χ1) is 24.0. The van der Waals surface area contributed by atoms with Crippen LogP contribution in [-0.4, -0.2) is 4.98 Å². The van der Waals surface area contributed by atoms with Crippen LogP contribution in [0.25, 0.3) is 65.6 Å². The van der Waals surface area contributed by atoms with Gasteiger partial charge in [0.1, 0.15) is 0 Å². The first-order valence-electron chi connectivity index (χ1n) is 17.1. The molecule has 2 nitrogen and oxygen atoms in total. The SMILES string of the molecule is CC1(C)c2ccccc2-c2ccc(-c3cc(N(c4ccc5ccccc5c4)c4ccc5ccccc5c4)cc4c3[nH]c3ccccc34)cc21. The van der Waals surface area contributed by atoms with Gasteiger partial charge in [-0.25, -0.2) is 0 Å². The minimum absolute atomic E-state index is 0.0820. The Hall–Kier alpha value is -6.12.